The first-order chi connectivity index (χ1) is 18.5. The highest BCUT2D eigenvalue weighted by atomic mass is 16.8. The van der Waals surface area contributed by atoms with E-state index in [0.29, 0.717) is 5.75 Å². The molecule has 10 heteroatoms. The van der Waals surface area contributed by atoms with Gasteiger partial charge in [0.2, 0.25) is 12.2 Å². The van der Waals surface area contributed by atoms with E-state index in [-0.39, 0.29) is 24.8 Å². The Kier molecular flexibility index (Phi) is 7.94. The monoisotopic (exact) mass is 520 g/mol. The number of ether oxygens (including phenoxy) is 5. The molecule has 1 N–H and O–H groups in total. The van der Waals surface area contributed by atoms with Crippen molar-refractivity contribution in [3.63, 3.8) is 0 Å². The normalized spacial score (nSPS) is 26.7. The zero-order valence-electron chi connectivity index (χ0n) is 20.7. The first-order valence-electron chi connectivity index (χ1n) is 12.3. The summed E-state index contributed by atoms with van der Waals surface area (Å²) in [5, 5.41) is 14.0. The molecule has 3 aromatic rings. The molecule has 0 bridgehead atoms. The summed E-state index contributed by atoms with van der Waals surface area (Å²) in [5.41, 5.74) is 1.75. The highest BCUT2D eigenvalue weighted by Crippen LogP contribution is 2.36. The molecule has 0 radical (unpaired) electrons. The van der Waals surface area contributed by atoms with Crippen LogP contribution >= 0.6 is 0 Å². The topological polar surface area (TPSA) is 118 Å². The van der Waals surface area contributed by atoms with E-state index in [1.54, 1.807) is 0 Å². The number of carbonyl (C=O) groups excluding carboxylic acids is 1. The Hall–Kier alpha value is -3.83. The average molecular weight is 521 g/mol. The lowest BCUT2D eigenvalue weighted by molar-refractivity contribution is -0.384. The van der Waals surface area contributed by atoms with E-state index in [4.69, 9.17) is 23.7 Å². The maximum absolute atomic E-state index is 12.3. The van der Waals surface area contributed by atoms with Gasteiger partial charge in [0.25, 0.3) is 5.69 Å². The van der Waals surface area contributed by atoms with E-state index in [2.05, 4.69) is 5.32 Å². The number of hydrogen-bond donors (Lipinski definition) is 1. The third-order valence-electron chi connectivity index (χ3n) is 6.37. The molecule has 3 aromatic carbocycles. The van der Waals surface area contributed by atoms with Crippen molar-refractivity contribution in [3.05, 3.63) is 106 Å². The van der Waals surface area contributed by atoms with Gasteiger partial charge >= 0.3 is 0 Å². The Bertz CT molecular complexity index is 1220. The van der Waals surface area contributed by atoms with Gasteiger partial charge in [0.1, 0.15) is 30.1 Å². The first-order valence-corrected chi connectivity index (χ1v) is 12.3. The molecule has 10 nitrogen and oxygen atoms in total. The second-order valence-electron chi connectivity index (χ2n) is 9.08. The van der Waals surface area contributed by atoms with Crippen LogP contribution in [0.2, 0.25) is 0 Å². The van der Waals surface area contributed by atoms with Crippen molar-refractivity contribution in [3.8, 4) is 5.75 Å². The fraction of sp³-hybridized carbons (Fsp3) is 0.321. The summed E-state index contributed by atoms with van der Waals surface area (Å²) in [6.07, 6.45) is -3.39. The van der Waals surface area contributed by atoms with Gasteiger partial charge in [-0.3, -0.25) is 14.9 Å². The fourth-order valence-electron chi connectivity index (χ4n) is 4.59. The minimum atomic E-state index is -0.970. The molecule has 1 amide bonds. The van der Waals surface area contributed by atoms with Crippen LogP contribution in [0.5, 0.6) is 5.75 Å². The number of carbonyl (C=O) groups is 1. The van der Waals surface area contributed by atoms with Crippen LogP contribution in [0, 0.1) is 10.1 Å². The summed E-state index contributed by atoms with van der Waals surface area (Å²) < 4.78 is 31.1. The zero-order chi connectivity index (χ0) is 26.5. The largest absolute Gasteiger partial charge is 0.463 e. The van der Waals surface area contributed by atoms with E-state index in [9.17, 15) is 14.9 Å². The Labute approximate surface area is 219 Å². The number of amides is 1. The number of rotatable bonds is 8. The Morgan fingerprint density at radius 2 is 1.68 bits per heavy atom. The smallest absolute Gasteiger partial charge is 0.269 e. The van der Waals surface area contributed by atoms with Crippen molar-refractivity contribution in [2.75, 3.05) is 6.61 Å². The van der Waals surface area contributed by atoms with E-state index < -0.39 is 41.9 Å². The number of benzene rings is 3. The Balaban J connectivity index is 1.43. The number of nitro benzene ring substituents is 1. The molecule has 0 aliphatic carbocycles. The Morgan fingerprint density at radius 1 is 1.00 bits per heavy atom. The van der Waals surface area contributed by atoms with Gasteiger partial charge in [-0.1, -0.05) is 60.7 Å². The lowest BCUT2D eigenvalue weighted by atomic mass is 9.95. The van der Waals surface area contributed by atoms with Gasteiger partial charge in [-0.25, -0.2) is 0 Å². The minimum absolute atomic E-state index is 0.0644. The van der Waals surface area contributed by atoms with Gasteiger partial charge in [0.05, 0.1) is 18.1 Å². The summed E-state index contributed by atoms with van der Waals surface area (Å²) >= 11 is 0. The van der Waals surface area contributed by atoms with Gasteiger partial charge in [-0.05, 0) is 17.7 Å². The molecule has 1 unspecified atom stereocenters. The second kappa shape index (κ2) is 11.7. The van der Waals surface area contributed by atoms with E-state index in [0.717, 1.165) is 11.1 Å². The number of nitrogens with one attached hydrogen (secondary N) is 1. The minimum Gasteiger partial charge on any atom is -0.463 e. The summed E-state index contributed by atoms with van der Waals surface area (Å²) in [7, 11) is 0. The summed E-state index contributed by atoms with van der Waals surface area (Å²) in [6, 6.07) is 24.1. The van der Waals surface area contributed by atoms with Crippen molar-refractivity contribution >= 4 is 11.6 Å². The van der Waals surface area contributed by atoms with E-state index in [1.807, 2.05) is 60.7 Å². The third kappa shape index (κ3) is 6.00. The van der Waals surface area contributed by atoms with Crippen LogP contribution in [0.25, 0.3) is 0 Å². The fourth-order valence-corrected chi connectivity index (χ4v) is 4.59. The number of nitro groups is 1. The molecular weight excluding hydrogens is 492 g/mol. The molecule has 38 heavy (non-hydrogen) atoms. The standard InChI is InChI=1S/C28H28N2O8/c1-18(31)29-24-26(34-16-19-8-4-2-5-9-19)25-23(17-35-27(38-25)20-10-6-3-7-11-20)37-28(24)36-22-14-12-21(13-15-22)30(32)33/h2-15,23-28H,16-17H2,1H3,(H,29,31)/t23-,24-,25-,26+,27?,28-/m1/s1. The van der Waals surface area contributed by atoms with E-state index >= 15 is 0 Å². The number of non-ortho nitro benzene ring substituents is 1. The molecule has 6 atom stereocenters. The van der Waals surface area contributed by atoms with Crippen molar-refractivity contribution < 1.29 is 33.4 Å². The predicted molar refractivity (Wildman–Crippen MR) is 135 cm³/mol. The maximum atomic E-state index is 12.3. The molecule has 198 valence electrons. The van der Waals surface area contributed by atoms with Gasteiger partial charge in [0, 0.05) is 24.6 Å². The summed E-state index contributed by atoms with van der Waals surface area (Å²) in [6.45, 7) is 1.89. The predicted octanol–water partition coefficient (Wildman–Crippen LogP) is 3.90. The molecular formula is C28H28N2O8. The molecule has 2 saturated heterocycles. The number of nitrogens with zero attached hydrogens (tertiary/aromatic N) is 1. The van der Waals surface area contributed by atoms with Crippen LogP contribution in [0.4, 0.5) is 5.69 Å². The highest BCUT2D eigenvalue weighted by molar-refractivity contribution is 5.73. The molecule has 2 heterocycles. The van der Waals surface area contributed by atoms with Crippen molar-refractivity contribution in [2.24, 2.45) is 0 Å². The van der Waals surface area contributed by atoms with Gasteiger partial charge in [0.15, 0.2) is 6.29 Å². The SMILES string of the molecule is CC(=O)N[C@H]1[C@H](Oc2ccc([N+](=O)[O-])cc2)O[C@@H]2COC(c3ccccc3)O[C@H]2[C@H]1OCc1ccccc1. The molecule has 2 aliphatic heterocycles. The lowest BCUT2D eigenvalue weighted by Crippen LogP contribution is -2.68. The van der Waals surface area contributed by atoms with Crippen molar-refractivity contribution in [2.45, 2.75) is 50.5 Å². The van der Waals surface area contributed by atoms with Crippen LogP contribution in [-0.2, 0) is 30.3 Å². The Morgan fingerprint density at radius 3 is 2.34 bits per heavy atom. The highest BCUT2D eigenvalue weighted by Gasteiger charge is 2.52. The molecule has 2 fully saturated rings. The molecule has 0 aromatic heterocycles. The summed E-state index contributed by atoms with van der Waals surface area (Å²) in [5.74, 6) is 0.0466. The van der Waals surface area contributed by atoms with Crippen LogP contribution in [0.3, 0.4) is 0 Å². The van der Waals surface area contributed by atoms with Gasteiger partial charge in [-0.2, -0.15) is 0 Å². The summed E-state index contributed by atoms with van der Waals surface area (Å²) in [4.78, 5) is 22.8. The van der Waals surface area contributed by atoms with Crippen LogP contribution in [0.1, 0.15) is 24.3 Å². The van der Waals surface area contributed by atoms with Crippen LogP contribution in [-0.4, -0.2) is 48.1 Å². The molecule has 5 rings (SSSR count). The van der Waals surface area contributed by atoms with Crippen molar-refractivity contribution in [1.29, 1.82) is 0 Å². The van der Waals surface area contributed by atoms with Crippen LogP contribution in [0.15, 0.2) is 84.9 Å². The van der Waals surface area contributed by atoms with Crippen molar-refractivity contribution in [1.82, 2.24) is 5.32 Å². The average Bonchev–Trinajstić information content (AvgIpc) is 2.93. The molecule has 0 saturated carbocycles. The van der Waals surface area contributed by atoms with Gasteiger partial charge in [-0.15, -0.1) is 0 Å². The van der Waals surface area contributed by atoms with Crippen LogP contribution < -0.4 is 10.1 Å². The zero-order valence-corrected chi connectivity index (χ0v) is 20.7. The quantitative estimate of drug-likeness (QED) is 0.351. The van der Waals surface area contributed by atoms with E-state index in [1.165, 1.54) is 31.2 Å². The van der Waals surface area contributed by atoms with Gasteiger partial charge < -0.3 is 29.0 Å². The number of hydrogen-bond acceptors (Lipinski definition) is 8. The first kappa shape index (κ1) is 25.8. The second-order valence-corrected chi connectivity index (χ2v) is 9.08. The lowest BCUT2D eigenvalue weighted by Gasteiger charge is -2.49. The maximum Gasteiger partial charge on any atom is 0.269 e. The number of fused-ring (bicyclic) bond motifs is 1. The third-order valence-corrected chi connectivity index (χ3v) is 6.37. The molecule has 2 aliphatic rings. The molecule has 0 spiro atoms.